The van der Waals surface area contributed by atoms with Gasteiger partial charge in [-0.3, -0.25) is 9.68 Å². The average molecular weight is 434 g/mol. The predicted molar refractivity (Wildman–Crippen MR) is 125 cm³/mol. The Labute approximate surface area is 192 Å². The second-order valence-electron chi connectivity index (χ2n) is 10.9. The molecule has 0 saturated heterocycles. The summed E-state index contributed by atoms with van der Waals surface area (Å²) in [6.07, 6.45) is -0.738. The minimum atomic E-state index is -0.738. The molecule has 0 radical (unpaired) electrons. The van der Waals surface area contributed by atoms with E-state index in [9.17, 15) is 5.26 Å². The van der Waals surface area contributed by atoms with Crippen LogP contribution in [-0.4, -0.2) is 22.8 Å². The third-order valence-electron chi connectivity index (χ3n) is 7.25. The lowest BCUT2D eigenvalue weighted by Crippen LogP contribution is -2.50. The monoisotopic (exact) mass is 433 g/mol. The molecule has 0 fully saturated rings. The lowest BCUT2D eigenvalue weighted by atomic mass is 9.91. The van der Waals surface area contributed by atoms with Crippen molar-refractivity contribution in [2.24, 2.45) is 0 Å². The molecule has 0 saturated carbocycles. The van der Waals surface area contributed by atoms with Crippen LogP contribution in [0.3, 0.4) is 0 Å². The third-order valence-corrected chi connectivity index (χ3v) is 7.25. The van der Waals surface area contributed by atoms with Gasteiger partial charge in [0.2, 0.25) is 0 Å². The van der Waals surface area contributed by atoms with Crippen molar-refractivity contribution in [3.8, 4) is 6.07 Å². The molecule has 1 atom stereocenters. The summed E-state index contributed by atoms with van der Waals surface area (Å²) in [5.74, 6) is 0. The van der Waals surface area contributed by atoms with E-state index in [2.05, 4.69) is 110 Å². The fraction of sp³-hybridized carbons (Fsp3) is 0.519. The van der Waals surface area contributed by atoms with Gasteiger partial charge in [-0.1, -0.05) is 48.5 Å². The number of fused-ring (bicyclic) bond motifs is 2. The molecule has 0 bridgehead atoms. The summed E-state index contributed by atoms with van der Waals surface area (Å²) in [5, 5.41) is 13.9. The zero-order valence-electron chi connectivity index (χ0n) is 20.6. The summed E-state index contributed by atoms with van der Waals surface area (Å²) in [5.41, 5.74) is 3.58. The van der Waals surface area contributed by atoms with Crippen LogP contribution in [0.2, 0.25) is 0 Å². The molecule has 32 heavy (non-hydrogen) atoms. The van der Waals surface area contributed by atoms with E-state index in [4.69, 9.17) is 9.68 Å². The topological polar surface area (TPSA) is 48.7 Å². The van der Waals surface area contributed by atoms with E-state index in [1.807, 2.05) is 10.1 Å². The van der Waals surface area contributed by atoms with E-state index in [0.717, 1.165) is 0 Å². The lowest BCUT2D eigenvalue weighted by molar-refractivity contribution is -0.315. The van der Waals surface area contributed by atoms with Crippen LogP contribution in [0.15, 0.2) is 48.5 Å². The SMILES string of the molecule is CC1(C)c2ccccc2C(C)(C)N1OCC(C#N)ON1C(C)(C)c2ccccc2C1(C)C. The molecule has 0 aliphatic carbocycles. The van der Waals surface area contributed by atoms with E-state index in [-0.39, 0.29) is 28.8 Å². The van der Waals surface area contributed by atoms with Crippen LogP contribution < -0.4 is 0 Å². The summed E-state index contributed by atoms with van der Waals surface area (Å²) >= 11 is 0. The Hall–Kier alpha value is -2.23. The van der Waals surface area contributed by atoms with Gasteiger partial charge >= 0.3 is 0 Å². The first kappa shape index (κ1) is 22.9. The number of hydrogen-bond donors (Lipinski definition) is 0. The number of hydroxylamine groups is 4. The van der Waals surface area contributed by atoms with Crippen molar-refractivity contribution in [3.63, 3.8) is 0 Å². The summed E-state index contributed by atoms with van der Waals surface area (Å²) in [6.45, 7) is 17.3. The zero-order valence-corrected chi connectivity index (χ0v) is 20.6. The van der Waals surface area contributed by atoms with Gasteiger partial charge in [0.15, 0.2) is 6.10 Å². The van der Waals surface area contributed by atoms with Crippen molar-refractivity contribution in [1.29, 1.82) is 5.26 Å². The van der Waals surface area contributed by atoms with Crippen molar-refractivity contribution < 1.29 is 9.68 Å². The molecule has 1 unspecified atom stereocenters. The Morgan fingerprint density at radius 1 is 0.688 bits per heavy atom. The minimum Gasteiger partial charge on any atom is -0.293 e. The quantitative estimate of drug-likeness (QED) is 0.604. The smallest absolute Gasteiger partial charge is 0.190 e. The van der Waals surface area contributed by atoms with Gasteiger partial charge in [0, 0.05) is 0 Å². The maximum Gasteiger partial charge on any atom is 0.190 e. The fourth-order valence-electron chi connectivity index (χ4n) is 5.88. The molecule has 4 rings (SSSR count). The summed E-state index contributed by atoms with van der Waals surface area (Å²) in [7, 11) is 0. The highest BCUT2D eigenvalue weighted by Crippen LogP contribution is 2.51. The maximum absolute atomic E-state index is 9.95. The molecule has 0 amide bonds. The van der Waals surface area contributed by atoms with Gasteiger partial charge in [-0.2, -0.15) is 15.4 Å². The van der Waals surface area contributed by atoms with Crippen molar-refractivity contribution in [2.45, 2.75) is 83.6 Å². The third kappa shape index (κ3) is 3.21. The minimum absolute atomic E-state index is 0.149. The molecule has 0 N–H and O–H groups in total. The van der Waals surface area contributed by atoms with Gasteiger partial charge in [0.05, 0.1) is 28.2 Å². The number of nitrogens with zero attached hydrogens (tertiary/aromatic N) is 3. The molecule has 2 heterocycles. The van der Waals surface area contributed by atoms with E-state index >= 15 is 0 Å². The van der Waals surface area contributed by atoms with Crippen molar-refractivity contribution in [1.82, 2.24) is 10.1 Å². The summed E-state index contributed by atoms with van der Waals surface area (Å²) in [4.78, 5) is 12.7. The Balaban J connectivity index is 1.54. The first-order valence-electron chi connectivity index (χ1n) is 11.4. The number of benzene rings is 2. The highest BCUT2D eigenvalue weighted by atomic mass is 16.7. The highest BCUT2D eigenvalue weighted by molar-refractivity contribution is 5.43. The molecule has 5 nitrogen and oxygen atoms in total. The average Bonchev–Trinajstić information content (AvgIpc) is 2.99. The predicted octanol–water partition coefficient (Wildman–Crippen LogP) is 5.71. The lowest BCUT2D eigenvalue weighted by Gasteiger charge is -2.42. The Morgan fingerprint density at radius 2 is 1.03 bits per heavy atom. The standard InChI is InChI=1S/C27H35N3O2/c1-24(2)20-13-9-10-14-21(20)25(3,4)29(24)31-18-19(17-28)32-30-26(5,6)22-15-11-12-16-23(22)27(30,7)8/h9-16,19H,18H2,1-8H3. The van der Waals surface area contributed by atoms with E-state index < -0.39 is 6.10 Å². The van der Waals surface area contributed by atoms with Crippen LogP contribution in [0.4, 0.5) is 0 Å². The second kappa shape index (κ2) is 7.40. The zero-order chi connectivity index (χ0) is 23.5. The van der Waals surface area contributed by atoms with Gasteiger partial charge in [-0.05, 0) is 77.6 Å². The number of rotatable bonds is 5. The van der Waals surface area contributed by atoms with Gasteiger partial charge in [0.25, 0.3) is 0 Å². The molecular formula is C27H35N3O2. The molecule has 5 heteroatoms. The van der Waals surface area contributed by atoms with Crippen LogP contribution in [-0.2, 0) is 31.8 Å². The first-order valence-corrected chi connectivity index (χ1v) is 11.4. The largest absolute Gasteiger partial charge is 0.293 e. The Morgan fingerprint density at radius 3 is 1.38 bits per heavy atom. The normalized spacial score (nSPS) is 23.3. The molecule has 2 aromatic rings. The van der Waals surface area contributed by atoms with Crippen LogP contribution in [0, 0.1) is 11.3 Å². The maximum atomic E-state index is 9.95. The van der Waals surface area contributed by atoms with Gasteiger partial charge in [-0.25, -0.2) is 0 Å². The number of hydrogen-bond acceptors (Lipinski definition) is 5. The van der Waals surface area contributed by atoms with Gasteiger partial charge in [-0.15, -0.1) is 0 Å². The summed E-state index contributed by atoms with van der Waals surface area (Å²) < 4.78 is 0. The van der Waals surface area contributed by atoms with Crippen LogP contribution in [0.25, 0.3) is 0 Å². The Bertz CT molecular complexity index is 995. The Kier molecular flexibility index (Phi) is 5.30. The van der Waals surface area contributed by atoms with Crippen LogP contribution in [0.1, 0.15) is 77.6 Å². The van der Waals surface area contributed by atoms with Crippen LogP contribution in [0.5, 0.6) is 0 Å². The highest BCUT2D eigenvalue weighted by Gasteiger charge is 2.52. The first-order chi connectivity index (χ1) is 14.9. The number of nitriles is 1. The van der Waals surface area contributed by atoms with Crippen molar-refractivity contribution in [2.75, 3.05) is 6.61 Å². The molecule has 0 spiro atoms. The second-order valence-corrected chi connectivity index (χ2v) is 10.9. The van der Waals surface area contributed by atoms with Crippen molar-refractivity contribution in [3.05, 3.63) is 70.8 Å². The molecule has 0 aromatic heterocycles. The van der Waals surface area contributed by atoms with E-state index in [0.29, 0.717) is 0 Å². The van der Waals surface area contributed by atoms with E-state index in [1.54, 1.807) is 0 Å². The van der Waals surface area contributed by atoms with E-state index in [1.165, 1.54) is 22.3 Å². The molecule has 170 valence electrons. The van der Waals surface area contributed by atoms with Gasteiger partial charge in [0.1, 0.15) is 6.61 Å². The van der Waals surface area contributed by atoms with Crippen molar-refractivity contribution >= 4 is 0 Å². The fourth-order valence-corrected chi connectivity index (χ4v) is 5.88. The molecular weight excluding hydrogens is 398 g/mol. The van der Waals surface area contributed by atoms with Gasteiger partial charge < -0.3 is 0 Å². The summed E-state index contributed by atoms with van der Waals surface area (Å²) in [6, 6.07) is 19.2. The molecule has 2 aliphatic heterocycles. The van der Waals surface area contributed by atoms with Crippen LogP contribution >= 0.6 is 0 Å². The molecule has 2 aliphatic rings. The molecule has 2 aromatic carbocycles.